The number of hydrogen-bond donors (Lipinski definition) is 0. The largest absolute Gasteiger partial charge is 0.456 e. The number of nitrogens with zero attached hydrogens (tertiary/aromatic N) is 1. The molecule has 0 amide bonds. The molecular formula is C30H27NO. The monoisotopic (exact) mass is 417 g/mol. The molecule has 2 heteroatoms. The summed E-state index contributed by atoms with van der Waals surface area (Å²) >= 11 is 0. The van der Waals surface area contributed by atoms with E-state index in [0.29, 0.717) is 0 Å². The van der Waals surface area contributed by atoms with E-state index in [1.165, 1.54) is 16.9 Å². The summed E-state index contributed by atoms with van der Waals surface area (Å²) in [4.78, 5) is 2.30. The van der Waals surface area contributed by atoms with Gasteiger partial charge in [-0.25, -0.2) is 0 Å². The number of anilines is 1. The Balaban J connectivity index is 1.58. The molecule has 0 aromatic heterocycles. The van der Waals surface area contributed by atoms with Gasteiger partial charge in [-0.3, -0.25) is 0 Å². The highest BCUT2D eigenvalue weighted by Crippen LogP contribution is 2.46. The third kappa shape index (κ3) is 3.58. The molecule has 0 fully saturated rings. The Hall–Kier alpha value is -3.78. The van der Waals surface area contributed by atoms with Crippen LogP contribution in [0.25, 0.3) is 11.5 Å². The van der Waals surface area contributed by atoms with Crippen molar-refractivity contribution in [3.63, 3.8) is 0 Å². The molecule has 5 rings (SSSR count). The number of fused-ring (bicyclic) bond motifs is 1. The Bertz CT molecular complexity index is 1200. The van der Waals surface area contributed by atoms with E-state index in [9.17, 15) is 0 Å². The Morgan fingerprint density at radius 1 is 0.688 bits per heavy atom. The SMILES string of the molecule is CN1C(=CC=C2C=C(c3ccccc3)OC(c3ccccc3)=C2)C(C)(C)c2ccccc21. The lowest BCUT2D eigenvalue weighted by Gasteiger charge is -2.24. The van der Waals surface area contributed by atoms with E-state index in [4.69, 9.17) is 4.74 Å². The maximum Gasteiger partial charge on any atom is 0.135 e. The third-order valence-corrected chi connectivity index (χ3v) is 6.31. The second-order valence-corrected chi connectivity index (χ2v) is 8.77. The minimum absolute atomic E-state index is 0.0501. The van der Waals surface area contributed by atoms with Crippen LogP contribution in [0.5, 0.6) is 0 Å². The van der Waals surface area contributed by atoms with Gasteiger partial charge in [-0.15, -0.1) is 0 Å². The lowest BCUT2D eigenvalue weighted by Crippen LogP contribution is -2.22. The molecule has 0 unspecified atom stereocenters. The standard InChI is InChI=1S/C30H27NO/c1-30(2)25-16-10-11-17-26(25)31(3)29(30)19-18-22-20-27(23-12-6-4-7-13-23)32-28(21-22)24-14-8-5-9-15-24/h4-21H,1-3H3. The van der Waals surface area contributed by atoms with Crippen LogP contribution >= 0.6 is 0 Å². The third-order valence-electron chi connectivity index (χ3n) is 6.31. The average Bonchev–Trinajstić information content (AvgIpc) is 3.04. The predicted molar refractivity (Wildman–Crippen MR) is 134 cm³/mol. The smallest absolute Gasteiger partial charge is 0.135 e. The van der Waals surface area contributed by atoms with Gasteiger partial charge >= 0.3 is 0 Å². The van der Waals surface area contributed by atoms with Crippen LogP contribution in [-0.2, 0) is 10.2 Å². The molecule has 158 valence electrons. The van der Waals surface area contributed by atoms with Crippen molar-refractivity contribution >= 4 is 17.2 Å². The van der Waals surface area contributed by atoms with Gasteiger partial charge in [0.15, 0.2) is 0 Å². The number of rotatable bonds is 3. The zero-order chi connectivity index (χ0) is 22.1. The van der Waals surface area contributed by atoms with Gasteiger partial charge in [-0.2, -0.15) is 0 Å². The van der Waals surface area contributed by atoms with Crippen LogP contribution < -0.4 is 4.90 Å². The first-order valence-electron chi connectivity index (χ1n) is 11.0. The Kier molecular flexibility index (Phi) is 5.07. The zero-order valence-corrected chi connectivity index (χ0v) is 18.7. The maximum absolute atomic E-state index is 6.32. The molecule has 0 spiro atoms. The molecule has 3 aromatic rings. The summed E-state index contributed by atoms with van der Waals surface area (Å²) in [5, 5.41) is 0. The van der Waals surface area contributed by atoms with E-state index in [1.54, 1.807) is 0 Å². The van der Waals surface area contributed by atoms with Crippen LogP contribution in [-0.4, -0.2) is 7.05 Å². The van der Waals surface area contributed by atoms with E-state index in [-0.39, 0.29) is 5.41 Å². The Morgan fingerprint density at radius 3 is 1.78 bits per heavy atom. The van der Waals surface area contributed by atoms with Crippen LogP contribution in [0.1, 0.15) is 30.5 Å². The molecule has 2 aliphatic heterocycles. The van der Waals surface area contributed by atoms with Gasteiger partial charge in [0.25, 0.3) is 0 Å². The molecule has 0 bridgehead atoms. The van der Waals surface area contributed by atoms with Gasteiger partial charge in [0, 0.05) is 35.0 Å². The quantitative estimate of drug-likeness (QED) is 0.442. The van der Waals surface area contributed by atoms with Crippen molar-refractivity contribution in [2.75, 3.05) is 11.9 Å². The van der Waals surface area contributed by atoms with Gasteiger partial charge in [0.2, 0.25) is 0 Å². The number of ether oxygens (including phenoxy) is 1. The highest BCUT2D eigenvalue weighted by atomic mass is 16.5. The van der Waals surface area contributed by atoms with Crippen LogP contribution in [0.2, 0.25) is 0 Å². The highest BCUT2D eigenvalue weighted by molar-refractivity contribution is 5.78. The molecule has 0 atom stereocenters. The number of hydrogen-bond acceptors (Lipinski definition) is 2. The first-order chi connectivity index (χ1) is 15.5. The van der Waals surface area contributed by atoms with E-state index >= 15 is 0 Å². The van der Waals surface area contributed by atoms with Crippen molar-refractivity contribution in [3.05, 3.63) is 137 Å². The van der Waals surface area contributed by atoms with Crippen LogP contribution in [0.15, 0.2) is 121 Å². The maximum atomic E-state index is 6.32. The number of allylic oxidation sites excluding steroid dienone is 6. The molecule has 0 saturated carbocycles. The van der Waals surface area contributed by atoms with Crippen molar-refractivity contribution < 1.29 is 4.74 Å². The molecule has 0 N–H and O–H groups in total. The van der Waals surface area contributed by atoms with Gasteiger partial charge < -0.3 is 9.64 Å². The molecule has 3 aromatic carbocycles. The molecule has 32 heavy (non-hydrogen) atoms. The summed E-state index contributed by atoms with van der Waals surface area (Å²) < 4.78 is 6.32. The fraction of sp³-hybridized carbons (Fsp3) is 0.133. The van der Waals surface area contributed by atoms with Crippen LogP contribution in [0, 0.1) is 0 Å². The van der Waals surface area contributed by atoms with E-state index in [1.807, 2.05) is 36.4 Å². The summed E-state index contributed by atoms with van der Waals surface area (Å²) in [5.41, 5.74) is 7.11. The van der Waals surface area contributed by atoms with Crippen molar-refractivity contribution in [1.82, 2.24) is 0 Å². The summed E-state index contributed by atoms with van der Waals surface area (Å²) in [5.74, 6) is 1.72. The van der Waals surface area contributed by atoms with Crippen LogP contribution in [0.4, 0.5) is 5.69 Å². The second-order valence-electron chi connectivity index (χ2n) is 8.77. The molecule has 2 nitrogen and oxygen atoms in total. The Morgan fingerprint density at radius 2 is 1.22 bits per heavy atom. The van der Waals surface area contributed by atoms with Gasteiger partial charge in [0.1, 0.15) is 11.5 Å². The van der Waals surface area contributed by atoms with Crippen molar-refractivity contribution in [2.45, 2.75) is 19.3 Å². The van der Waals surface area contributed by atoms with E-state index < -0.39 is 0 Å². The lowest BCUT2D eigenvalue weighted by molar-refractivity contribution is 0.467. The molecule has 2 heterocycles. The first kappa shape index (κ1) is 20.1. The minimum atomic E-state index is -0.0501. The van der Waals surface area contributed by atoms with Crippen LogP contribution in [0.3, 0.4) is 0 Å². The van der Waals surface area contributed by atoms with Crippen molar-refractivity contribution in [2.24, 2.45) is 0 Å². The predicted octanol–water partition coefficient (Wildman–Crippen LogP) is 7.34. The van der Waals surface area contributed by atoms with E-state index in [0.717, 1.165) is 28.2 Å². The molecule has 0 aliphatic carbocycles. The fourth-order valence-electron chi connectivity index (χ4n) is 4.58. The topological polar surface area (TPSA) is 12.5 Å². The summed E-state index contributed by atoms with van der Waals surface area (Å²) in [7, 11) is 2.15. The van der Waals surface area contributed by atoms with Gasteiger partial charge in [-0.05, 0) is 35.4 Å². The van der Waals surface area contributed by atoms with Crippen molar-refractivity contribution in [1.29, 1.82) is 0 Å². The van der Waals surface area contributed by atoms with Crippen molar-refractivity contribution in [3.8, 4) is 0 Å². The molecule has 2 aliphatic rings. The lowest BCUT2D eigenvalue weighted by atomic mass is 9.83. The summed E-state index contributed by atoms with van der Waals surface area (Å²) in [6, 6.07) is 29.2. The molecular weight excluding hydrogens is 390 g/mol. The normalized spacial score (nSPS) is 18.0. The summed E-state index contributed by atoms with van der Waals surface area (Å²) in [6.45, 7) is 4.58. The van der Waals surface area contributed by atoms with Gasteiger partial charge in [-0.1, -0.05) is 98.8 Å². The Labute approximate surface area is 190 Å². The van der Waals surface area contributed by atoms with E-state index in [2.05, 4.69) is 98.6 Å². The average molecular weight is 418 g/mol. The minimum Gasteiger partial charge on any atom is -0.456 e. The number of para-hydroxylation sites is 1. The zero-order valence-electron chi connectivity index (χ0n) is 18.7. The number of benzene rings is 3. The van der Waals surface area contributed by atoms with Gasteiger partial charge in [0.05, 0.1) is 0 Å². The molecule has 0 saturated heterocycles. The highest BCUT2D eigenvalue weighted by Gasteiger charge is 2.37. The summed E-state index contributed by atoms with van der Waals surface area (Å²) in [6.07, 6.45) is 8.69. The first-order valence-corrected chi connectivity index (χ1v) is 11.0. The second kappa shape index (κ2) is 8.05. The fourth-order valence-corrected chi connectivity index (χ4v) is 4.58. The molecule has 0 radical (unpaired) electrons. The number of likely N-dealkylation sites (N-methyl/N-ethyl adjacent to an activating group) is 1.